The molecule has 3 fully saturated rings. The fourth-order valence-electron chi connectivity index (χ4n) is 10.0. The largest absolute Gasteiger partial charge is 0.480 e. The van der Waals surface area contributed by atoms with Gasteiger partial charge in [0.1, 0.15) is 24.2 Å². The normalized spacial score (nSPS) is 22.6. The van der Waals surface area contributed by atoms with Gasteiger partial charge in [0.2, 0.25) is 23.6 Å². The number of fused-ring (bicyclic) bond motifs is 1. The number of amides is 4. The highest BCUT2D eigenvalue weighted by molar-refractivity contribution is 5.96. The number of carbonyl (C=O) groups is 5. The van der Waals surface area contributed by atoms with Gasteiger partial charge in [-0.2, -0.15) is 0 Å². The van der Waals surface area contributed by atoms with Crippen molar-refractivity contribution >= 4 is 29.6 Å². The quantitative estimate of drug-likeness (QED) is 0.150. The standard InChI is InChI=1S/C43H67N5O6/c1-27(2)26-34(43(53)54)48(4)42(52)37(31-21-12-7-13-22-31)46-40(50)36(30-19-10-6-11-20-30)45-41(51)38(33-25-24-28-16-14-15-23-32(28)33)47-39(49)35(44-3)29-17-8-5-9-18-29/h14-16,23,27,29-31,33-38,44H,5-13,17-22,24-26H2,1-4H3,(H,45,51)(H,46,50)(H,47,49)(H,53,54)/t33?,34-,35-,36-,37-,38-/m1/s1. The average molecular weight is 750 g/mol. The van der Waals surface area contributed by atoms with Crippen molar-refractivity contribution in [1.29, 1.82) is 0 Å². The minimum absolute atomic E-state index is 0.0567. The van der Waals surface area contributed by atoms with Crippen molar-refractivity contribution in [3.05, 3.63) is 35.4 Å². The topological polar surface area (TPSA) is 157 Å². The van der Waals surface area contributed by atoms with E-state index in [-0.39, 0.29) is 41.4 Å². The third-order valence-electron chi connectivity index (χ3n) is 13.1. The Morgan fingerprint density at radius 2 is 1.13 bits per heavy atom. The highest BCUT2D eigenvalue weighted by atomic mass is 16.4. The summed E-state index contributed by atoms with van der Waals surface area (Å²) in [5.74, 6) is -2.69. The fraction of sp³-hybridized carbons (Fsp3) is 0.744. The van der Waals surface area contributed by atoms with Crippen molar-refractivity contribution in [1.82, 2.24) is 26.2 Å². The molecule has 300 valence electrons. The molecule has 11 nitrogen and oxygen atoms in total. The van der Waals surface area contributed by atoms with E-state index in [1.807, 2.05) is 39.1 Å². The Kier molecular flexibility index (Phi) is 15.4. The Balaban J connectivity index is 1.42. The number of likely N-dealkylation sites (N-methyl/N-ethyl adjacent to an activating group) is 2. The summed E-state index contributed by atoms with van der Waals surface area (Å²) in [6.07, 6.45) is 16.0. The molecule has 0 spiro atoms. The number of aliphatic carboxylic acids is 1. The molecule has 0 bridgehead atoms. The maximum atomic E-state index is 14.8. The smallest absolute Gasteiger partial charge is 0.326 e. The minimum atomic E-state index is -1.06. The molecule has 0 saturated heterocycles. The summed E-state index contributed by atoms with van der Waals surface area (Å²) in [4.78, 5) is 71.4. The number of carboxylic acid groups (broad SMARTS) is 1. The first-order chi connectivity index (χ1) is 26.0. The third-order valence-corrected chi connectivity index (χ3v) is 13.1. The number of hydrogen-bond acceptors (Lipinski definition) is 6. The molecule has 1 aromatic carbocycles. The predicted octanol–water partition coefficient (Wildman–Crippen LogP) is 5.46. The summed E-state index contributed by atoms with van der Waals surface area (Å²) < 4.78 is 0. The van der Waals surface area contributed by atoms with Crippen LogP contribution in [-0.2, 0) is 30.4 Å². The zero-order chi connectivity index (χ0) is 38.8. The van der Waals surface area contributed by atoms with E-state index in [0.717, 1.165) is 102 Å². The first kappa shape index (κ1) is 41.7. The third kappa shape index (κ3) is 10.4. The molecule has 0 aliphatic heterocycles. The Labute approximate surface area is 322 Å². The second-order valence-electron chi connectivity index (χ2n) is 17.2. The summed E-state index contributed by atoms with van der Waals surface area (Å²) in [5.41, 5.74) is 2.22. The molecule has 1 aromatic rings. The predicted molar refractivity (Wildman–Crippen MR) is 210 cm³/mol. The van der Waals surface area contributed by atoms with Gasteiger partial charge in [0.15, 0.2) is 0 Å². The molecule has 4 aliphatic rings. The van der Waals surface area contributed by atoms with Crippen LogP contribution in [0.15, 0.2) is 24.3 Å². The van der Waals surface area contributed by atoms with Gasteiger partial charge in [-0.25, -0.2) is 4.79 Å². The molecular formula is C43H67N5O6. The van der Waals surface area contributed by atoms with Crippen LogP contribution < -0.4 is 21.3 Å². The lowest BCUT2D eigenvalue weighted by Crippen LogP contribution is -2.62. The van der Waals surface area contributed by atoms with Gasteiger partial charge in [0.05, 0.1) is 6.04 Å². The molecule has 1 unspecified atom stereocenters. The van der Waals surface area contributed by atoms with E-state index in [1.165, 1.54) is 23.9 Å². The average Bonchev–Trinajstić information content (AvgIpc) is 3.61. The zero-order valence-corrected chi connectivity index (χ0v) is 33.2. The molecule has 0 aromatic heterocycles. The Morgan fingerprint density at radius 1 is 0.667 bits per heavy atom. The molecule has 0 radical (unpaired) electrons. The number of hydrogen-bond donors (Lipinski definition) is 5. The van der Waals surface area contributed by atoms with Crippen molar-refractivity contribution in [3.8, 4) is 0 Å². The van der Waals surface area contributed by atoms with Crippen LogP contribution in [0.25, 0.3) is 0 Å². The zero-order valence-electron chi connectivity index (χ0n) is 33.2. The van der Waals surface area contributed by atoms with Gasteiger partial charge >= 0.3 is 5.97 Å². The SMILES string of the molecule is CN[C@@H](C(=O)N[C@@H](C(=O)N[C@@H](C(=O)N[C@@H](C(=O)N(C)[C@H](CC(C)C)C(=O)O)C1CCCCC1)C1CCCCC1)C1CCc2ccccc21)C1CCCCC1. The maximum Gasteiger partial charge on any atom is 0.326 e. The Morgan fingerprint density at radius 3 is 1.67 bits per heavy atom. The first-order valence-corrected chi connectivity index (χ1v) is 21.2. The highest BCUT2D eigenvalue weighted by Gasteiger charge is 2.43. The van der Waals surface area contributed by atoms with Gasteiger partial charge in [0.25, 0.3) is 0 Å². The Hall–Kier alpha value is -3.47. The number of rotatable bonds is 16. The molecule has 54 heavy (non-hydrogen) atoms. The van der Waals surface area contributed by atoms with Crippen LogP contribution in [-0.4, -0.2) is 83.9 Å². The van der Waals surface area contributed by atoms with Crippen LogP contribution >= 0.6 is 0 Å². The van der Waals surface area contributed by atoms with E-state index in [0.29, 0.717) is 12.8 Å². The molecule has 11 heteroatoms. The minimum Gasteiger partial charge on any atom is -0.480 e. The number of carboxylic acids is 1. The molecular weight excluding hydrogens is 683 g/mol. The van der Waals surface area contributed by atoms with Crippen LogP contribution in [0.3, 0.4) is 0 Å². The van der Waals surface area contributed by atoms with Crippen molar-refractivity contribution < 1.29 is 29.1 Å². The van der Waals surface area contributed by atoms with E-state index < -0.39 is 48.0 Å². The summed E-state index contributed by atoms with van der Waals surface area (Å²) in [5, 5.41) is 22.8. The molecule has 0 heterocycles. The van der Waals surface area contributed by atoms with E-state index >= 15 is 0 Å². The second kappa shape index (κ2) is 19.9. The van der Waals surface area contributed by atoms with E-state index in [2.05, 4.69) is 27.3 Å². The van der Waals surface area contributed by atoms with Gasteiger partial charge in [-0.05, 0) is 99.6 Å². The molecule has 5 rings (SSSR count). The molecule has 3 saturated carbocycles. The van der Waals surface area contributed by atoms with Crippen molar-refractivity contribution in [3.63, 3.8) is 0 Å². The van der Waals surface area contributed by atoms with E-state index in [4.69, 9.17) is 0 Å². The Bertz CT molecular complexity index is 1430. The first-order valence-electron chi connectivity index (χ1n) is 21.2. The van der Waals surface area contributed by atoms with E-state index in [9.17, 15) is 29.1 Å². The van der Waals surface area contributed by atoms with Crippen LogP contribution in [0.2, 0.25) is 0 Å². The lowest BCUT2D eigenvalue weighted by Gasteiger charge is -2.37. The molecule has 5 N–H and O–H groups in total. The number of benzene rings is 1. The van der Waals surface area contributed by atoms with Gasteiger partial charge in [-0.1, -0.05) is 95.9 Å². The van der Waals surface area contributed by atoms with Gasteiger partial charge in [-0.3, -0.25) is 19.2 Å². The second-order valence-corrected chi connectivity index (χ2v) is 17.2. The summed E-state index contributed by atoms with van der Waals surface area (Å²) >= 11 is 0. The van der Waals surface area contributed by atoms with Crippen LogP contribution in [0.4, 0.5) is 0 Å². The summed E-state index contributed by atoms with van der Waals surface area (Å²) in [6.45, 7) is 3.86. The van der Waals surface area contributed by atoms with Gasteiger partial charge in [0, 0.05) is 13.0 Å². The van der Waals surface area contributed by atoms with Crippen LogP contribution in [0.5, 0.6) is 0 Å². The molecule has 4 aliphatic carbocycles. The number of nitrogens with zero attached hydrogens (tertiary/aromatic N) is 1. The van der Waals surface area contributed by atoms with Crippen molar-refractivity contribution in [2.75, 3.05) is 14.1 Å². The molecule has 6 atom stereocenters. The highest BCUT2D eigenvalue weighted by Crippen LogP contribution is 2.37. The molecule has 4 amide bonds. The summed E-state index contributed by atoms with van der Waals surface area (Å²) in [7, 11) is 3.34. The van der Waals surface area contributed by atoms with Crippen LogP contribution in [0, 0.1) is 23.7 Å². The number of nitrogens with one attached hydrogen (secondary N) is 4. The van der Waals surface area contributed by atoms with Crippen molar-refractivity contribution in [2.45, 2.75) is 166 Å². The summed E-state index contributed by atoms with van der Waals surface area (Å²) in [6, 6.07) is 3.99. The van der Waals surface area contributed by atoms with Crippen LogP contribution in [0.1, 0.15) is 140 Å². The number of aryl methyl sites for hydroxylation is 1. The number of carbonyl (C=O) groups excluding carboxylic acids is 4. The van der Waals surface area contributed by atoms with E-state index in [1.54, 1.807) is 0 Å². The lowest BCUT2D eigenvalue weighted by atomic mass is 9.81. The van der Waals surface area contributed by atoms with Gasteiger partial charge < -0.3 is 31.3 Å². The van der Waals surface area contributed by atoms with Crippen molar-refractivity contribution in [2.24, 2.45) is 23.7 Å². The maximum absolute atomic E-state index is 14.8. The fourth-order valence-corrected chi connectivity index (χ4v) is 10.0. The monoisotopic (exact) mass is 750 g/mol. The lowest BCUT2D eigenvalue weighted by molar-refractivity contribution is -0.152. The van der Waals surface area contributed by atoms with Gasteiger partial charge in [-0.15, -0.1) is 0 Å².